The Kier molecular flexibility index (Phi) is 25.5. The summed E-state index contributed by atoms with van der Waals surface area (Å²) in [6.45, 7) is 14.9. The summed E-state index contributed by atoms with van der Waals surface area (Å²) in [5.41, 5.74) is 3.92. The van der Waals surface area contributed by atoms with Crippen LogP contribution in [0.5, 0.6) is 0 Å². The van der Waals surface area contributed by atoms with Crippen LogP contribution in [0.3, 0.4) is 0 Å². The number of carbonyl (C=O) groups excluding carboxylic acids is 10. The number of benzene rings is 3. The zero-order valence-corrected chi connectivity index (χ0v) is 56.9. The van der Waals surface area contributed by atoms with E-state index in [1.54, 1.807) is 80.6 Å². The van der Waals surface area contributed by atoms with Gasteiger partial charge in [-0.15, -0.1) is 12.4 Å². The molecule has 0 unspecified atom stereocenters. The fourth-order valence-corrected chi connectivity index (χ4v) is 13.5. The van der Waals surface area contributed by atoms with Gasteiger partial charge in [0.1, 0.15) is 42.0 Å². The molecule has 2 saturated carbocycles. The first kappa shape index (κ1) is 76.2. The highest BCUT2D eigenvalue weighted by atomic mass is 35.5. The molecule has 0 aromatic heterocycles. The van der Waals surface area contributed by atoms with Crippen molar-refractivity contribution in [3.05, 3.63) is 119 Å². The number of likely N-dealkylation sites (N-methyl/N-ethyl adjacent to an activating group) is 2. The molecule has 1 saturated heterocycles. The minimum absolute atomic E-state index is 0. The summed E-state index contributed by atoms with van der Waals surface area (Å²) in [6.07, 6.45) is -11.2. The van der Waals surface area contributed by atoms with Crippen LogP contribution in [0.15, 0.2) is 102 Å². The molecule has 0 spiro atoms. The first-order valence-electron chi connectivity index (χ1n) is 32.0. The van der Waals surface area contributed by atoms with Gasteiger partial charge in [-0.05, 0) is 98.9 Å². The Balaban J connectivity index is 0.0000143. The molecule has 3 aromatic carbocycles. The smallest absolute Gasteiger partial charge is 0.410 e. The molecular formula is C69H94ClN7O18. The van der Waals surface area contributed by atoms with Crippen LogP contribution in [0.25, 0.3) is 0 Å². The molecule has 95 heavy (non-hydrogen) atoms. The molecule has 26 heteroatoms. The molecule has 3 aliphatic carbocycles. The van der Waals surface area contributed by atoms with E-state index in [0.717, 1.165) is 18.7 Å². The number of amides is 5. The number of unbranched alkanes of at least 4 members (excludes halogenated alkanes) is 1. The predicted octanol–water partition coefficient (Wildman–Crippen LogP) is 4.82. The van der Waals surface area contributed by atoms with Crippen LogP contribution >= 0.6 is 12.4 Å². The SMILES string of the molecule is CC(=O)O[C@H]1C(=O)[C@@]2(C)[C@H]([C@H](OC(=O)c3ccccc3)[C@]3(O)C[C@H](OC(=O)[C@H](OC(=O)N(C)CCN(C)C(=O)[C@H](CCCCN)NC(=O)[C@H](CC(C)C)NC(=O)[C@H](N)C(C)C)[C@@H](NC(=O)c4ccccc4)c4ccccc4)C(C)=C1C3(C)C)[C@]1(OC(C)=O)CO[C@@H]1C[C@@H]2O.Cl. The number of esters is 4. The van der Waals surface area contributed by atoms with Crippen LogP contribution in [0.2, 0.25) is 0 Å². The van der Waals surface area contributed by atoms with Gasteiger partial charge in [0.25, 0.3) is 5.91 Å². The normalized spacial score (nSPS) is 25.6. The zero-order valence-electron chi connectivity index (χ0n) is 56.1. The molecule has 25 nitrogen and oxygen atoms in total. The second-order valence-corrected chi connectivity index (χ2v) is 26.7. The molecule has 14 atom stereocenters. The first-order chi connectivity index (χ1) is 44.2. The van der Waals surface area contributed by atoms with Crippen LogP contribution < -0.4 is 27.4 Å². The summed E-state index contributed by atoms with van der Waals surface area (Å²) in [5.74, 6) is -9.34. The van der Waals surface area contributed by atoms with E-state index in [2.05, 4.69) is 16.0 Å². The number of nitrogens with one attached hydrogen (secondary N) is 3. The number of ketones is 1. The Morgan fingerprint density at radius 2 is 1.34 bits per heavy atom. The van der Waals surface area contributed by atoms with Gasteiger partial charge in [0.15, 0.2) is 17.5 Å². The minimum atomic E-state index is -2.55. The molecular weight excluding hydrogens is 1250 g/mol. The van der Waals surface area contributed by atoms with Crippen molar-refractivity contribution < 1.29 is 86.6 Å². The van der Waals surface area contributed by atoms with Gasteiger partial charge in [0.2, 0.25) is 23.8 Å². The summed E-state index contributed by atoms with van der Waals surface area (Å²) in [6, 6.07) is 19.2. The summed E-state index contributed by atoms with van der Waals surface area (Å²) in [5, 5.41) is 35.0. The molecule has 3 fully saturated rings. The van der Waals surface area contributed by atoms with Crippen LogP contribution in [-0.2, 0) is 62.0 Å². The van der Waals surface area contributed by atoms with Crippen molar-refractivity contribution in [3.63, 3.8) is 0 Å². The maximum Gasteiger partial charge on any atom is 0.410 e. The lowest BCUT2D eigenvalue weighted by molar-refractivity contribution is -0.346. The fourth-order valence-electron chi connectivity index (χ4n) is 13.5. The summed E-state index contributed by atoms with van der Waals surface area (Å²) >= 11 is 0. The molecule has 4 aliphatic rings. The highest BCUT2D eigenvalue weighted by Gasteiger charge is 2.78. The second kappa shape index (κ2) is 31.8. The average molecular weight is 1340 g/mol. The lowest BCUT2D eigenvalue weighted by Gasteiger charge is -2.67. The van der Waals surface area contributed by atoms with Crippen LogP contribution in [0.1, 0.15) is 140 Å². The highest BCUT2D eigenvalue weighted by Crippen LogP contribution is 2.64. The maximum atomic E-state index is 16.0. The number of nitrogens with zero attached hydrogens (tertiary/aromatic N) is 2. The van der Waals surface area contributed by atoms with Crippen molar-refractivity contribution in [2.75, 3.05) is 40.3 Å². The Hall–Kier alpha value is -7.81. The third kappa shape index (κ3) is 16.4. The van der Waals surface area contributed by atoms with Crippen LogP contribution in [0.4, 0.5) is 4.79 Å². The van der Waals surface area contributed by atoms with Crippen molar-refractivity contribution in [2.24, 2.45) is 40.1 Å². The van der Waals surface area contributed by atoms with E-state index in [0.29, 0.717) is 19.4 Å². The van der Waals surface area contributed by atoms with Crippen molar-refractivity contribution in [1.29, 1.82) is 0 Å². The van der Waals surface area contributed by atoms with Crippen molar-refractivity contribution in [3.8, 4) is 0 Å². The number of hydrogen-bond acceptors (Lipinski definition) is 20. The van der Waals surface area contributed by atoms with E-state index >= 15 is 9.59 Å². The molecule has 1 heterocycles. The largest absolute Gasteiger partial charge is 0.455 e. The lowest BCUT2D eigenvalue weighted by Crippen LogP contribution is -2.82. The molecule has 5 amide bonds. The van der Waals surface area contributed by atoms with Gasteiger partial charge in [0, 0.05) is 64.9 Å². The van der Waals surface area contributed by atoms with Gasteiger partial charge in [-0.3, -0.25) is 33.6 Å². The number of halogens is 1. The quantitative estimate of drug-likeness (QED) is 0.0245. The number of nitrogens with two attached hydrogens (primary N) is 2. The van der Waals surface area contributed by atoms with Crippen molar-refractivity contribution in [2.45, 2.75) is 180 Å². The molecule has 1 aliphatic heterocycles. The Morgan fingerprint density at radius 1 is 0.758 bits per heavy atom. The molecule has 0 radical (unpaired) electrons. The minimum Gasteiger partial charge on any atom is -0.455 e. The first-order valence-corrected chi connectivity index (χ1v) is 32.0. The van der Waals surface area contributed by atoms with Crippen LogP contribution in [0, 0.1) is 28.6 Å². The van der Waals surface area contributed by atoms with E-state index in [4.69, 9.17) is 39.9 Å². The van der Waals surface area contributed by atoms with E-state index in [-0.39, 0.29) is 91.0 Å². The van der Waals surface area contributed by atoms with Gasteiger partial charge in [-0.1, -0.05) is 108 Å². The van der Waals surface area contributed by atoms with Gasteiger partial charge in [0.05, 0.1) is 35.6 Å². The Labute approximate surface area is 560 Å². The van der Waals surface area contributed by atoms with Gasteiger partial charge in [-0.25, -0.2) is 14.4 Å². The molecule has 520 valence electrons. The molecule has 7 rings (SSSR count). The number of fused-ring (bicyclic) bond motifs is 5. The lowest BCUT2D eigenvalue weighted by atomic mass is 9.44. The van der Waals surface area contributed by atoms with Crippen molar-refractivity contribution >= 4 is 71.8 Å². The summed E-state index contributed by atoms with van der Waals surface area (Å²) < 4.78 is 37.4. The van der Waals surface area contributed by atoms with Gasteiger partial charge in [-0.2, -0.15) is 0 Å². The van der Waals surface area contributed by atoms with E-state index in [1.807, 2.05) is 13.8 Å². The Bertz CT molecular complexity index is 3300. The Morgan fingerprint density at radius 3 is 1.88 bits per heavy atom. The number of aliphatic hydroxyl groups excluding tert-OH is 1. The van der Waals surface area contributed by atoms with E-state index < -0.39 is 155 Å². The second-order valence-electron chi connectivity index (χ2n) is 26.7. The topological polar surface area (TPSA) is 361 Å². The fraction of sp³-hybridized carbons (Fsp3) is 0.565. The monoisotopic (exact) mass is 1340 g/mol. The number of hydrogen-bond donors (Lipinski definition) is 7. The van der Waals surface area contributed by atoms with E-state index in [9.17, 15) is 48.6 Å². The summed E-state index contributed by atoms with van der Waals surface area (Å²) in [7, 11) is 2.81. The van der Waals surface area contributed by atoms with Gasteiger partial charge >= 0.3 is 30.0 Å². The number of Topliss-reactive ketones (excluding diaryl/α,β-unsaturated/α-hetero) is 1. The number of rotatable bonds is 26. The third-order valence-electron chi connectivity index (χ3n) is 19.1. The summed E-state index contributed by atoms with van der Waals surface area (Å²) in [4.78, 5) is 146. The van der Waals surface area contributed by atoms with Crippen LogP contribution in [-0.4, -0.2) is 186 Å². The number of carbonyl (C=O) groups is 10. The molecule has 9 N–H and O–H groups in total. The van der Waals surface area contributed by atoms with E-state index in [1.165, 1.54) is 71.0 Å². The highest BCUT2D eigenvalue weighted by molar-refractivity contribution is 5.97. The van der Waals surface area contributed by atoms with Gasteiger partial charge < -0.3 is 75.9 Å². The third-order valence-corrected chi connectivity index (χ3v) is 19.1. The average Bonchev–Trinajstić information content (AvgIpc) is 0.670. The molecule has 2 bridgehead atoms. The molecule has 3 aromatic rings. The number of ether oxygens (including phenoxy) is 6. The maximum absolute atomic E-state index is 16.0. The standard InChI is InChI=1S/C69H93N7O18.ClH/c1-38(2)34-47(73-61(83)52(71)39(3)4)60(82)72-46(30-22-23-31-70)62(84)75(11)32-33-76(12)65(87)92-55(53(43-24-16-13-17-25-43)74-59(81)44-26-18-14-19-27-44)64(86)91-48-36-69(88)58(93-63(85)45-28-20-15-21-29-45)56-67(10,49(79)35-50-68(56,37-89-50)94-42(7)78)57(80)54(90-41(6)77)51(40(48)5)66(69,8)9;/h13-21,24-29,38-39,46-50,52-56,58,79,88H,22-23,30-37,70-71H2,1-12H3,(H,72,82)(H,73,83)(H,74,81);1H/t46-,47-,48-,49-,50+,52+,53-,54+,55+,56-,58-,67+,68-,69+;/m0./s1. The number of aliphatic hydroxyl groups is 2. The van der Waals surface area contributed by atoms with Crippen molar-refractivity contribution in [1.82, 2.24) is 25.8 Å². The predicted molar refractivity (Wildman–Crippen MR) is 349 cm³/mol. The zero-order chi connectivity index (χ0) is 69.4.